The summed E-state index contributed by atoms with van der Waals surface area (Å²) in [5.41, 5.74) is 6.07. The summed E-state index contributed by atoms with van der Waals surface area (Å²) in [6, 6.07) is 18.3. The average molecular weight is 963 g/mol. The van der Waals surface area contributed by atoms with Crippen LogP contribution in [0.2, 0.25) is 18.7 Å². The van der Waals surface area contributed by atoms with Crippen LogP contribution in [-0.4, -0.2) is 82.4 Å². The Balaban J connectivity index is 0.000000186. The summed E-state index contributed by atoms with van der Waals surface area (Å²) in [5, 5.41) is 26.8. The lowest BCUT2D eigenvalue weighted by Gasteiger charge is -2.27. The highest BCUT2D eigenvalue weighted by Gasteiger charge is 2.43. The molecule has 6 aromatic rings. The van der Waals surface area contributed by atoms with Gasteiger partial charge in [0.1, 0.15) is 20.1 Å². The van der Waals surface area contributed by atoms with Gasteiger partial charge < -0.3 is 40.3 Å². The molecule has 4 heterocycles. The number of fused-ring (bicyclic) bond motifs is 4. The Labute approximate surface area is 385 Å². The van der Waals surface area contributed by atoms with E-state index in [1.807, 2.05) is 62.4 Å². The van der Waals surface area contributed by atoms with Crippen LogP contribution in [0.15, 0.2) is 60.7 Å². The van der Waals surface area contributed by atoms with E-state index in [1.54, 1.807) is 12.1 Å². The molecule has 2 unspecified atom stereocenters. The summed E-state index contributed by atoms with van der Waals surface area (Å²) in [6.07, 6.45) is 1.90. The number of aromatic amines is 2. The van der Waals surface area contributed by atoms with Gasteiger partial charge in [-0.1, -0.05) is 94.9 Å². The maximum atomic E-state index is 13.0. The van der Waals surface area contributed by atoms with Gasteiger partial charge in [0.2, 0.25) is 0 Å². The van der Waals surface area contributed by atoms with Crippen molar-refractivity contribution in [1.29, 1.82) is 0 Å². The Morgan fingerprint density at radius 1 is 0.677 bits per heavy atom. The molecular formula is C44H44Cl4N4O8S2. The van der Waals surface area contributed by atoms with Gasteiger partial charge in [-0.15, -0.1) is 22.7 Å². The first-order valence-electron chi connectivity index (χ1n) is 20.1. The van der Waals surface area contributed by atoms with E-state index >= 15 is 0 Å². The van der Waals surface area contributed by atoms with E-state index in [0.29, 0.717) is 93.2 Å². The summed E-state index contributed by atoms with van der Waals surface area (Å²) in [6.45, 7) is 5.54. The van der Waals surface area contributed by atoms with Gasteiger partial charge in [-0.2, -0.15) is 0 Å². The molecule has 8 rings (SSSR count). The molecule has 18 heteroatoms. The molecule has 2 aliphatic carbocycles. The van der Waals surface area contributed by atoms with Gasteiger partial charge in [-0.05, 0) is 73.9 Å². The molecule has 2 amide bonds. The van der Waals surface area contributed by atoms with Crippen molar-refractivity contribution in [2.45, 2.75) is 63.5 Å². The first-order chi connectivity index (χ1) is 29.8. The number of nitrogens with one attached hydrogen (secondary N) is 4. The molecular weight excluding hydrogens is 918 g/mol. The number of hydrogen-bond donors (Lipinski definition) is 6. The average Bonchev–Trinajstić information content (AvgIpc) is 4.09. The molecule has 0 spiro atoms. The van der Waals surface area contributed by atoms with Crippen LogP contribution >= 0.6 is 69.1 Å². The maximum absolute atomic E-state index is 13.0. The van der Waals surface area contributed by atoms with Gasteiger partial charge >= 0.3 is 11.9 Å². The maximum Gasteiger partial charge on any atom is 0.307 e. The number of carbonyl (C=O) groups excluding carboxylic acids is 2. The van der Waals surface area contributed by atoms with Crippen LogP contribution in [0, 0.1) is 11.8 Å². The number of benzene rings is 2. The highest BCUT2D eigenvalue weighted by atomic mass is 35.5. The predicted octanol–water partition coefficient (Wildman–Crippen LogP) is 10.2. The second-order valence-corrected chi connectivity index (χ2v) is 19.2. The largest absolute Gasteiger partial charge is 0.481 e. The summed E-state index contributed by atoms with van der Waals surface area (Å²) in [4.78, 5) is 56.4. The third-order valence-corrected chi connectivity index (χ3v) is 15.4. The van der Waals surface area contributed by atoms with Crippen LogP contribution in [0.25, 0.3) is 20.4 Å². The van der Waals surface area contributed by atoms with Crippen LogP contribution < -0.4 is 10.6 Å². The van der Waals surface area contributed by atoms with Crippen molar-refractivity contribution in [1.82, 2.24) is 20.6 Å². The summed E-state index contributed by atoms with van der Waals surface area (Å²) < 4.78 is 13.4. The summed E-state index contributed by atoms with van der Waals surface area (Å²) in [7, 11) is 0. The Kier molecular flexibility index (Phi) is 14.9. The normalized spacial score (nSPS) is 18.8. The molecule has 0 saturated heterocycles. The zero-order valence-electron chi connectivity index (χ0n) is 33.6. The van der Waals surface area contributed by atoms with E-state index in [4.69, 9.17) is 55.9 Å². The van der Waals surface area contributed by atoms with Crippen LogP contribution in [-0.2, 0) is 31.9 Å². The van der Waals surface area contributed by atoms with Crippen molar-refractivity contribution >= 4 is 113 Å². The van der Waals surface area contributed by atoms with Crippen LogP contribution in [0.4, 0.5) is 0 Å². The highest BCUT2D eigenvalue weighted by molar-refractivity contribution is 7.24. The Morgan fingerprint density at radius 3 is 1.42 bits per heavy atom. The molecule has 0 saturated carbocycles. The lowest BCUT2D eigenvalue weighted by molar-refractivity contribution is -0.144. The molecule has 2 aliphatic rings. The Bertz CT molecular complexity index is 2430. The summed E-state index contributed by atoms with van der Waals surface area (Å²) in [5.74, 6) is -4.38. The number of rotatable bonds is 16. The molecule has 6 N–H and O–H groups in total. The number of carboxylic acids is 2. The molecule has 328 valence electrons. The fraction of sp³-hybridized carbons (Fsp3) is 0.364. The van der Waals surface area contributed by atoms with E-state index in [9.17, 15) is 29.4 Å². The predicted molar refractivity (Wildman–Crippen MR) is 245 cm³/mol. The zero-order valence-corrected chi connectivity index (χ0v) is 38.2. The van der Waals surface area contributed by atoms with Crippen molar-refractivity contribution in [3.05, 3.63) is 113 Å². The van der Waals surface area contributed by atoms with Crippen LogP contribution in [0.1, 0.15) is 81.8 Å². The van der Waals surface area contributed by atoms with Crippen molar-refractivity contribution in [2.24, 2.45) is 11.8 Å². The number of halogens is 4. The van der Waals surface area contributed by atoms with E-state index < -0.39 is 23.8 Å². The van der Waals surface area contributed by atoms with E-state index in [0.717, 1.165) is 31.7 Å². The van der Waals surface area contributed by atoms with Gasteiger partial charge in [0.15, 0.2) is 0 Å². The van der Waals surface area contributed by atoms with Crippen molar-refractivity contribution in [3.63, 3.8) is 0 Å². The molecule has 12 nitrogen and oxygen atoms in total. The number of carboxylic acid groups (broad SMARTS) is 2. The quantitative estimate of drug-likeness (QED) is 0.0518. The number of aliphatic carboxylic acids is 2. The van der Waals surface area contributed by atoms with E-state index in [-0.39, 0.29) is 35.7 Å². The van der Waals surface area contributed by atoms with Gasteiger partial charge in [0.05, 0.1) is 42.3 Å². The minimum absolute atomic E-state index is 0.299. The molecule has 0 bridgehead atoms. The second-order valence-electron chi connectivity index (χ2n) is 15.1. The van der Waals surface area contributed by atoms with Crippen LogP contribution in [0.5, 0.6) is 0 Å². The van der Waals surface area contributed by atoms with Crippen molar-refractivity contribution < 1.29 is 38.9 Å². The lowest BCUT2D eigenvalue weighted by Crippen LogP contribution is -2.42. The van der Waals surface area contributed by atoms with Crippen molar-refractivity contribution in [2.75, 3.05) is 26.4 Å². The third-order valence-electron chi connectivity index (χ3n) is 11.5. The number of aromatic nitrogens is 2. The first-order valence-corrected chi connectivity index (χ1v) is 23.3. The van der Waals surface area contributed by atoms with Crippen LogP contribution in [0.3, 0.4) is 0 Å². The van der Waals surface area contributed by atoms with Gasteiger partial charge in [-0.25, -0.2) is 0 Å². The zero-order chi connectivity index (χ0) is 44.2. The molecule has 0 fully saturated rings. The smallest absolute Gasteiger partial charge is 0.307 e. The number of H-pyrrole nitrogens is 2. The molecule has 0 radical (unpaired) electrons. The second kappa shape index (κ2) is 20.2. The number of hydrogen-bond acceptors (Lipinski definition) is 8. The standard InChI is InChI=1S/2C22H22Cl2N2O4S/c2*1-2-30-8-7-13(22(28)29)17-12-6-4-3-5-11(12)9-14(17)26-21(27)15-10-16-19(25-15)18(23)20(24)31-16/h2*3-6,10,13-14,17,25H,2,7-9H2,1H3,(H,26,27)(H,28,29)/t2*13?,14-,17+/m11/s1. The Morgan fingerprint density at radius 2 is 1.06 bits per heavy atom. The van der Waals surface area contributed by atoms with E-state index in [1.165, 1.54) is 22.7 Å². The molecule has 62 heavy (non-hydrogen) atoms. The topological polar surface area (TPSA) is 183 Å². The van der Waals surface area contributed by atoms with Gasteiger partial charge in [0, 0.05) is 50.3 Å². The van der Waals surface area contributed by atoms with Crippen molar-refractivity contribution in [3.8, 4) is 0 Å². The SMILES string of the molecule is CCOCCC(C(=O)O)[C@@H]1c2ccccc2C[C@H]1NC(=O)c1cc2sc(Cl)c(Cl)c2[nH]1.CCOCCC(C(=O)O)[C@@H]1c2ccccc2C[C@H]1NC(=O)c1cc2sc(Cl)c(Cl)c2[nH]1. The minimum atomic E-state index is -0.887. The molecule has 0 aliphatic heterocycles. The lowest BCUT2D eigenvalue weighted by atomic mass is 9.82. The van der Waals surface area contributed by atoms with E-state index in [2.05, 4.69) is 20.6 Å². The number of thiophene rings is 2. The number of amides is 2. The monoisotopic (exact) mass is 960 g/mol. The molecule has 6 atom stereocenters. The number of carbonyl (C=O) groups is 4. The molecule has 2 aromatic carbocycles. The summed E-state index contributed by atoms with van der Waals surface area (Å²) >= 11 is 27.1. The third kappa shape index (κ3) is 9.68. The first kappa shape index (κ1) is 45.9. The highest BCUT2D eigenvalue weighted by Crippen LogP contribution is 2.43. The number of ether oxygens (including phenoxy) is 2. The fourth-order valence-corrected chi connectivity index (χ4v) is 11.7. The molecule has 4 aromatic heterocycles. The fourth-order valence-electron chi connectivity index (χ4n) is 8.72. The minimum Gasteiger partial charge on any atom is -0.481 e. The van der Waals surface area contributed by atoms with Gasteiger partial charge in [-0.3, -0.25) is 19.2 Å². The van der Waals surface area contributed by atoms with Gasteiger partial charge in [0.25, 0.3) is 11.8 Å². The Hall–Kier alpha value is -4.12.